The van der Waals surface area contributed by atoms with Crippen molar-refractivity contribution in [2.75, 3.05) is 0 Å². The molecule has 0 aliphatic heterocycles. The molecule has 3 aliphatic carbocycles. The summed E-state index contributed by atoms with van der Waals surface area (Å²) in [5.74, 6) is 4.11. The summed E-state index contributed by atoms with van der Waals surface area (Å²) in [5, 5.41) is 9.93. The largest absolute Gasteiger partial charge is 0.393 e. The van der Waals surface area contributed by atoms with E-state index in [9.17, 15) is 5.11 Å². The lowest BCUT2D eigenvalue weighted by Gasteiger charge is -2.33. The highest BCUT2D eigenvalue weighted by molar-refractivity contribution is 5.05. The van der Waals surface area contributed by atoms with Crippen LogP contribution in [0.5, 0.6) is 0 Å². The second-order valence-electron chi connectivity index (χ2n) is 5.17. The van der Waals surface area contributed by atoms with Crippen LogP contribution in [0.1, 0.15) is 32.6 Å². The normalized spacial score (nSPS) is 62.5. The van der Waals surface area contributed by atoms with Gasteiger partial charge in [0.05, 0.1) is 6.10 Å². The van der Waals surface area contributed by atoms with Crippen LogP contribution in [0.4, 0.5) is 0 Å². The highest BCUT2D eigenvalue weighted by atomic mass is 16.3. The smallest absolute Gasteiger partial charge is 0.0599 e. The third kappa shape index (κ3) is 0.693. The van der Waals surface area contributed by atoms with E-state index in [1.165, 1.54) is 25.7 Å². The van der Waals surface area contributed by atoms with Gasteiger partial charge in [-0.15, -0.1) is 0 Å². The Morgan fingerprint density at radius 1 is 1.00 bits per heavy atom. The molecule has 0 heterocycles. The Bertz CT molecular complexity index is 181. The lowest BCUT2D eigenvalue weighted by Crippen LogP contribution is -2.34. The highest BCUT2D eigenvalue weighted by Crippen LogP contribution is 2.60. The molecule has 2 bridgehead atoms. The fourth-order valence-electron chi connectivity index (χ4n) is 4.38. The third-order valence-corrected chi connectivity index (χ3v) is 4.92. The Hall–Kier alpha value is -0.0400. The predicted molar refractivity (Wildman–Crippen MR) is 47.6 cm³/mol. The molecule has 1 N–H and O–H groups in total. The average Bonchev–Trinajstić information content (AvgIpc) is 2.63. The first-order valence-corrected chi connectivity index (χ1v) is 5.47. The zero-order chi connectivity index (χ0) is 8.29. The van der Waals surface area contributed by atoms with Crippen LogP contribution in [-0.4, -0.2) is 11.2 Å². The summed E-state index contributed by atoms with van der Waals surface area (Å²) < 4.78 is 0. The molecule has 68 valence electrons. The van der Waals surface area contributed by atoms with Crippen LogP contribution < -0.4 is 0 Å². The summed E-state index contributed by atoms with van der Waals surface area (Å²) in [6.45, 7) is 2.25. The molecule has 3 saturated carbocycles. The van der Waals surface area contributed by atoms with Gasteiger partial charge in [0.2, 0.25) is 0 Å². The summed E-state index contributed by atoms with van der Waals surface area (Å²) >= 11 is 0. The minimum absolute atomic E-state index is 0.0503. The molecule has 0 radical (unpaired) electrons. The molecule has 0 saturated heterocycles. The number of rotatable bonds is 0. The van der Waals surface area contributed by atoms with Crippen molar-refractivity contribution in [1.82, 2.24) is 0 Å². The maximum absolute atomic E-state index is 9.93. The predicted octanol–water partition coefficient (Wildman–Crippen LogP) is 2.05. The Kier molecular flexibility index (Phi) is 1.39. The molecule has 0 unspecified atom stereocenters. The van der Waals surface area contributed by atoms with Crippen molar-refractivity contribution in [1.29, 1.82) is 0 Å². The summed E-state index contributed by atoms with van der Waals surface area (Å²) in [7, 11) is 0. The summed E-state index contributed by atoms with van der Waals surface area (Å²) in [5.41, 5.74) is 0. The summed E-state index contributed by atoms with van der Waals surface area (Å²) in [6, 6.07) is 0. The lowest BCUT2D eigenvalue weighted by atomic mass is 9.75. The van der Waals surface area contributed by atoms with Crippen LogP contribution in [0.3, 0.4) is 0 Å². The number of hydrogen-bond acceptors (Lipinski definition) is 1. The van der Waals surface area contributed by atoms with E-state index in [0.29, 0.717) is 11.8 Å². The van der Waals surface area contributed by atoms with Gasteiger partial charge in [0.15, 0.2) is 0 Å². The van der Waals surface area contributed by atoms with E-state index in [1.54, 1.807) is 0 Å². The van der Waals surface area contributed by atoms with E-state index in [2.05, 4.69) is 6.92 Å². The van der Waals surface area contributed by atoms with Crippen LogP contribution in [0.2, 0.25) is 0 Å². The van der Waals surface area contributed by atoms with Crippen LogP contribution in [0.15, 0.2) is 0 Å². The molecule has 1 nitrogen and oxygen atoms in total. The second-order valence-corrected chi connectivity index (χ2v) is 5.17. The zero-order valence-corrected chi connectivity index (χ0v) is 7.74. The average molecular weight is 166 g/mol. The van der Waals surface area contributed by atoms with Crippen molar-refractivity contribution >= 4 is 0 Å². The SMILES string of the molecule is C[C@H]1[C@H](O)[C@@H]2C[C@H]1[C@H]1CCC[C@H]12. The first-order chi connectivity index (χ1) is 5.79. The van der Waals surface area contributed by atoms with Crippen molar-refractivity contribution in [3.63, 3.8) is 0 Å². The fourth-order valence-corrected chi connectivity index (χ4v) is 4.38. The van der Waals surface area contributed by atoms with Gasteiger partial charge in [-0.2, -0.15) is 0 Å². The van der Waals surface area contributed by atoms with E-state index < -0.39 is 0 Å². The van der Waals surface area contributed by atoms with Gasteiger partial charge in [0.25, 0.3) is 0 Å². The van der Waals surface area contributed by atoms with Gasteiger partial charge in [-0.1, -0.05) is 13.3 Å². The monoisotopic (exact) mass is 166 g/mol. The molecule has 12 heavy (non-hydrogen) atoms. The molecule has 3 aliphatic rings. The van der Waals surface area contributed by atoms with Gasteiger partial charge in [-0.05, 0) is 48.9 Å². The van der Waals surface area contributed by atoms with Gasteiger partial charge in [0.1, 0.15) is 0 Å². The van der Waals surface area contributed by atoms with Gasteiger partial charge >= 0.3 is 0 Å². The minimum atomic E-state index is 0.0503. The van der Waals surface area contributed by atoms with Crippen LogP contribution in [-0.2, 0) is 0 Å². The maximum atomic E-state index is 9.93. The topological polar surface area (TPSA) is 20.2 Å². The highest BCUT2D eigenvalue weighted by Gasteiger charge is 2.56. The molecule has 3 fully saturated rings. The summed E-state index contributed by atoms with van der Waals surface area (Å²) in [6.07, 6.45) is 5.70. The molecule has 0 aromatic rings. The van der Waals surface area contributed by atoms with Crippen molar-refractivity contribution in [3.8, 4) is 0 Å². The molecule has 0 aromatic carbocycles. The molecule has 3 rings (SSSR count). The Morgan fingerprint density at radius 3 is 2.42 bits per heavy atom. The van der Waals surface area contributed by atoms with Gasteiger partial charge in [-0.3, -0.25) is 0 Å². The second kappa shape index (κ2) is 2.25. The van der Waals surface area contributed by atoms with Crippen molar-refractivity contribution < 1.29 is 5.11 Å². The fraction of sp³-hybridized carbons (Fsp3) is 1.00. The maximum Gasteiger partial charge on any atom is 0.0599 e. The first-order valence-electron chi connectivity index (χ1n) is 5.47. The lowest BCUT2D eigenvalue weighted by molar-refractivity contribution is 0.0204. The van der Waals surface area contributed by atoms with Gasteiger partial charge in [0, 0.05) is 0 Å². The number of aliphatic hydroxyl groups is 1. The van der Waals surface area contributed by atoms with Gasteiger partial charge in [-0.25, -0.2) is 0 Å². The van der Waals surface area contributed by atoms with E-state index in [4.69, 9.17) is 0 Å². The van der Waals surface area contributed by atoms with Crippen molar-refractivity contribution in [2.45, 2.75) is 38.7 Å². The number of aliphatic hydroxyl groups excluding tert-OH is 1. The molecule has 6 atom stereocenters. The summed E-state index contributed by atoms with van der Waals surface area (Å²) in [4.78, 5) is 0. The molecule has 0 amide bonds. The van der Waals surface area contributed by atoms with E-state index in [1.807, 2.05) is 0 Å². The first kappa shape index (κ1) is 7.37. The standard InChI is InChI=1S/C11H18O/c1-6-9-5-10(11(6)12)8-4-2-3-7(8)9/h6-12H,2-5H2,1H3/t6-,7+,8-,9-,10-,11+/m1/s1. The number of hydrogen-bond donors (Lipinski definition) is 1. The molecule has 1 heteroatoms. The van der Waals surface area contributed by atoms with E-state index in [0.717, 1.165) is 17.8 Å². The Balaban J connectivity index is 1.92. The number of fused-ring (bicyclic) bond motifs is 5. The van der Waals surface area contributed by atoms with Crippen LogP contribution >= 0.6 is 0 Å². The van der Waals surface area contributed by atoms with Crippen LogP contribution in [0.25, 0.3) is 0 Å². The van der Waals surface area contributed by atoms with E-state index >= 15 is 0 Å². The Morgan fingerprint density at radius 2 is 1.67 bits per heavy atom. The third-order valence-electron chi connectivity index (χ3n) is 4.92. The molecular weight excluding hydrogens is 148 g/mol. The zero-order valence-electron chi connectivity index (χ0n) is 7.74. The van der Waals surface area contributed by atoms with Crippen molar-refractivity contribution in [2.24, 2.45) is 29.6 Å². The molecule has 0 aromatic heterocycles. The van der Waals surface area contributed by atoms with Gasteiger partial charge < -0.3 is 5.11 Å². The molecular formula is C11H18O. The van der Waals surface area contributed by atoms with Crippen molar-refractivity contribution in [3.05, 3.63) is 0 Å². The minimum Gasteiger partial charge on any atom is -0.393 e. The van der Waals surface area contributed by atoms with Crippen LogP contribution in [0, 0.1) is 29.6 Å². The quantitative estimate of drug-likeness (QED) is 0.584. The Labute approximate surface area is 74.2 Å². The van der Waals surface area contributed by atoms with E-state index in [-0.39, 0.29) is 6.10 Å². The molecule has 0 spiro atoms.